The number of hydrogen-bond acceptors (Lipinski definition) is 6. The third-order valence-electron chi connectivity index (χ3n) is 7.63. The molecule has 3 aromatic carbocycles. The molecular weight excluding hydrogens is 536 g/mol. The van der Waals surface area contributed by atoms with Gasteiger partial charge >= 0.3 is 0 Å². The van der Waals surface area contributed by atoms with E-state index >= 15 is 0 Å². The zero-order chi connectivity index (χ0) is 28.3. The second-order valence-corrected chi connectivity index (χ2v) is 11.2. The Morgan fingerprint density at radius 1 is 0.927 bits per heavy atom. The lowest BCUT2D eigenvalue weighted by Gasteiger charge is -2.25. The summed E-state index contributed by atoms with van der Waals surface area (Å²) in [5, 5.41) is 4.89. The predicted molar refractivity (Wildman–Crippen MR) is 161 cm³/mol. The van der Waals surface area contributed by atoms with E-state index in [1.165, 1.54) is 11.8 Å². The molecule has 3 heterocycles. The van der Waals surface area contributed by atoms with Crippen LogP contribution in [0.3, 0.4) is 0 Å². The summed E-state index contributed by atoms with van der Waals surface area (Å²) in [4.78, 5) is 30.9. The van der Waals surface area contributed by atoms with Gasteiger partial charge in [-0.15, -0.1) is 11.8 Å². The topological polar surface area (TPSA) is 76.9 Å². The minimum absolute atomic E-state index is 0.0406. The predicted octanol–water partition coefficient (Wildman–Crippen LogP) is 5.35. The van der Waals surface area contributed by atoms with Crippen LogP contribution < -0.4 is 14.4 Å². The average molecular weight is 569 g/mol. The van der Waals surface area contributed by atoms with Crippen LogP contribution in [0.2, 0.25) is 0 Å². The van der Waals surface area contributed by atoms with Crippen molar-refractivity contribution in [2.24, 2.45) is 0 Å². The molecule has 0 N–H and O–H groups in total. The highest BCUT2D eigenvalue weighted by Crippen LogP contribution is 2.50. The molecule has 8 nitrogen and oxygen atoms in total. The molecule has 4 aromatic rings. The van der Waals surface area contributed by atoms with E-state index < -0.39 is 0 Å². The van der Waals surface area contributed by atoms with E-state index in [1.807, 2.05) is 83.8 Å². The van der Waals surface area contributed by atoms with Crippen LogP contribution in [-0.2, 0) is 9.59 Å². The first-order chi connectivity index (χ1) is 20.1. The average Bonchev–Trinajstić information content (AvgIpc) is 3.67. The fraction of sp³-hybridized carbons (Fsp3) is 0.281. The number of benzene rings is 3. The Bertz CT molecular complexity index is 1550. The van der Waals surface area contributed by atoms with Gasteiger partial charge < -0.3 is 14.4 Å². The Morgan fingerprint density at radius 3 is 2.34 bits per heavy atom. The SMILES string of the molecule is COc1ccc(-n2nc(-c3ccccc3)c3c2N(CC(=O)N2CCCC2)C(=O)CS[C@H]3c2ccccc2OC)cc1. The molecule has 1 saturated heterocycles. The first-order valence-corrected chi connectivity index (χ1v) is 14.8. The lowest BCUT2D eigenvalue weighted by atomic mass is 9.99. The van der Waals surface area contributed by atoms with E-state index in [-0.39, 0.29) is 29.4 Å². The Hall–Kier alpha value is -4.24. The maximum Gasteiger partial charge on any atom is 0.242 e. The highest BCUT2D eigenvalue weighted by molar-refractivity contribution is 8.00. The lowest BCUT2D eigenvalue weighted by Crippen LogP contribution is -2.43. The number of rotatable bonds is 7. The van der Waals surface area contributed by atoms with Crippen LogP contribution in [0.1, 0.15) is 29.2 Å². The molecule has 0 aliphatic carbocycles. The fourth-order valence-corrected chi connectivity index (χ4v) is 6.79. The van der Waals surface area contributed by atoms with Crippen molar-refractivity contribution in [3.63, 3.8) is 0 Å². The number of carbonyl (C=O) groups excluding carboxylic acids is 2. The zero-order valence-corrected chi connectivity index (χ0v) is 24.0. The van der Waals surface area contributed by atoms with Gasteiger partial charge in [-0.2, -0.15) is 5.10 Å². The van der Waals surface area contributed by atoms with E-state index in [0.717, 1.165) is 65.5 Å². The number of aromatic nitrogens is 2. The number of ether oxygens (including phenoxy) is 2. The molecule has 210 valence electrons. The van der Waals surface area contributed by atoms with Crippen LogP contribution in [0, 0.1) is 0 Å². The third-order valence-corrected chi connectivity index (χ3v) is 8.86. The number of para-hydroxylation sites is 1. The smallest absolute Gasteiger partial charge is 0.242 e. The highest BCUT2D eigenvalue weighted by atomic mass is 32.2. The van der Waals surface area contributed by atoms with Crippen LogP contribution in [0.15, 0.2) is 78.9 Å². The molecule has 2 aliphatic rings. The maximum atomic E-state index is 13.9. The Balaban J connectivity index is 1.61. The second-order valence-electron chi connectivity index (χ2n) is 10.1. The van der Waals surface area contributed by atoms with Gasteiger partial charge in [-0.1, -0.05) is 48.5 Å². The number of hydrogen-bond donors (Lipinski definition) is 0. The third kappa shape index (κ3) is 5.17. The summed E-state index contributed by atoms with van der Waals surface area (Å²) in [6, 6.07) is 25.5. The minimum atomic E-state index is -0.265. The molecule has 0 bridgehead atoms. The standard InChI is InChI=1S/C32H32N4O4S/c1-39-24-16-14-23(15-17-24)36-32-29(30(33-36)22-10-4-3-5-11-22)31(25-12-6-7-13-26(25)40-2)41-21-28(38)35(32)20-27(37)34-18-8-9-19-34/h3-7,10-17,31H,8-9,18-21H2,1-2H3/t31-/m0/s1. The number of fused-ring (bicyclic) bond motifs is 1. The molecule has 1 fully saturated rings. The monoisotopic (exact) mass is 568 g/mol. The van der Waals surface area contributed by atoms with Gasteiger partial charge in [-0.25, -0.2) is 4.68 Å². The zero-order valence-electron chi connectivity index (χ0n) is 23.2. The van der Waals surface area contributed by atoms with E-state index in [0.29, 0.717) is 5.82 Å². The van der Waals surface area contributed by atoms with Crippen LogP contribution in [0.5, 0.6) is 11.5 Å². The highest BCUT2D eigenvalue weighted by Gasteiger charge is 2.39. The summed E-state index contributed by atoms with van der Waals surface area (Å²) < 4.78 is 13.0. The molecule has 41 heavy (non-hydrogen) atoms. The van der Waals surface area contributed by atoms with Crippen molar-refractivity contribution in [3.8, 4) is 28.4 Å². The quantitative estimate of drug-likeness (QED) is 0.299. The lowest BCUT2D eigenvalue weighted by molar-refractivity contribution is -0.130. The van der Waals surface area contributed by atoms with Gasteiger partial charge in [0.05, 0.1) is 36.6 Å². The summed E-state index contributed by atoms with van der Waals surface area (Å²) in [5.74, 6) is 2.09. The first kappa shape index (κ1) is 27.0. The van der Waals surface area contributed by atoms with Gasteiger partial charge in [0, 0.05) is 29.8 Å². The van der Waals surface area contributed by atoms with Crippen LogP contribution in [0.25, 0.3) is 16.9 Å². The summed E-state index contributed by atoms with van der Waals surface area (Å²) in [6.07, 6.45) is 1.97. The van der Waals surface area contributed by atoms with Crippen molar-refractivity contribution < 1.29 is 19.1 Å². The second kappa shape index (κ2) is 11.7. The van der Waals surface area contributed by atoms with E-state index in [4.69, 9.17) is 14.6 Å². The van der Waals surface area contributed by atoms with Crippen LogP contribution >= 0.6 is 11.8 Å². The summed E-state index contributed by atoms with van der Waals surface area (Å²) in [6.45, 7) is 1.40. The van der Waals surface area contributed by atoms with Crippen molar-refractivity contribution in [1.29, 1.82) is 0 Å². The van der Waals surface area contributed by atoms with Gasteiger partial charge in [0.15, 0.2) is 0 Å². The number of likely N-dealkylation sites (tertiary alicyclic amines) is 1. The van der Waals surface area contributed by atoms with E-state index in [2.05, 4.69) is 0 Å². The largest absolute Gasteiger partial charge is 0.497 e. The first-order valence-electron chi connectivity index (χ1n) is 13.7. The van der Waals surface area contributed by atoms with Crippen molar-refractivity contribution in [1.82, 2.24) is 14.7 Å². The van der Waals surface area contributed by atoms with Gasteiger partial charge in [-0.3, -0.25) is 14.5 Å². The van der Waals surface area contributed by atoms with E-state index in [9.17, 15) is 9.59 Å². The molecule has 0 unspecified atom stereocenters. The fourth-order valence-electron chi connectivity index (χ4n) is 5.56. The van der Waals surface area contributed by atoms with Gasteiger partial charge in [0.2, 0.25) is 11.8 Å². The molecule has 6 rings (SSSR count). The molecular formula is C32H32N4O4S. The minimum Gasteiger partial charge on any atom is -0.497 e. The molecule has 1 atom stereocenters. The number of nitrogens with zero attached hydrogens (tertiary/aromatic N) is 4. The number of anilines is 1. The Kier molecular flexibility index (Phi) is 7.69. The molecule has 2 amide bonds. The van der Waals surface area contributed by atoms with Crippen molar-refractivity contribution in [3.05, 3.63) is 90.0 Å². The molecule has 0 radical (unpaired) electrons. The molecule has 2 aliphatic heterocycles. The normalized spacial score (nSPS) is 16.8. The Morgan fingerprint density at radius 2 is 1.63 bits per heavy atom. The molecule has 0 spiro atoms. The number of thioether (sulfide) groups is 1. The molecule has 0 saturated carbocycles. The Labute approximate surface area is 243 Å². The number of carbonyl (C=O) groups is 2. The van der Waals surface area contributed by atoms with Gasteiger partial charge in [-0.05, 0) is 43.2 Å². The summed E-state index contributed by atoms with van der Waals surface area (Å²) in [5.41, 5.74) is 4.28. The van der Waals surface area contributed by atoms with Crippen molar-refractivity contribution in [2.45, 2.75) is 18.1 Å². The van der Waals surface area contributed by atoms with Crippen molar-refractivity contribution in [2.75, 3.05) is 44.5 Å². The van der Waals surface area contributed by atoms with E-state index in [1.54, 1.807) is 23.8 Å². The van der Waals surface area contributed by atoms with Crippen molar-refractivity contribution >= 4 is 29.4 Å². The maximum absolute atomic E-state index is 13.9. The number of methoxy groups -OCH3 is 2. The summed E-state index contributed by atoms with van der Waals surface area (Å²) in [7, 11) is 3.29. The number of amides is 2. The van der Waals surface area contributed by atoms with Gasteiger partial charge in [0.25, 0.3) is 0 Å². The van der Waals surface area contributed by atoms with Crippen LogP contribution in [-0.4, -0.2) is 66.1 Å². The summed E-state index contributed by atoms with van der Waals surface area (Å²) >= 11 is 1.53. The molecule has 9 heteroatoms. The molecule has 1 aromatic heterocycles. The van der Waals surface area contributed by atoms with Gasteiger partial charge in [0.1, 0.15) is 23.9 Å². The van der Waals surface area contributed by atoms with Crippen LogP contribution in [0.4, 0.5) is 5.82 Å².